The van der Waals surface area contributed by atoms with E-state index in [1.165, 1.54) is 0 Å². The Morgan fingerprint density at radius 2 is 0.449 bits per heavy atom. The van der Waals surface area contributed by atoms with Gasteiger partial charge in [0.2, 0.25) is 0 Å². The van der Waals surface area contributed by atoms with Gasteiger partial charge in [-0.1, -0.05) is 187 Å². The van der Waals surface area contributed by atoms with Gasteiger partial charge in [-0.25, -0.2) is 0 Å². The smallest absolute Gasteiger partial charge is 0.390 e. The summed E-state index contributed by atoms with van der Waals surface area (Å²) in [5, 5.41) is 0. The van der Waals surface area contributed by atoms with Crippen LogP contribution in [0.25, 0.3) is 0 Å². The summed E-state index contributed by atoms with van der Waals surface area (Å²) >= 11 is 0. The van der Waals surface area contributed by atoms with Crippen molar-refractivity contribution in [3.8, 4) is 0 Å². The van der Waals surface area contributed by atoms with Crippen LogP contribution < -0.4 is 0 Å². The maximum absolute atomic E-state index is 13.1. The summed E-state index contributed by atoms with van der Waals surface area (Å²) in [7, 11) is -18.4. The normalized spacial score (nSPS) is 14.3. The third-order valence-electron chi connectivity index (χ3n) is 12.1. The van der Waals surface area contributed by atoms with E-state index >= 15 is 0 Å². The molecule has 0 aliphatic heterocycles. The SMILES string of the molecule is C=C(O[Si](CC(C)C)(CC(C)C)O[Si](CC(C)C)(CC(C)C)O[Si](CC(C)C)(CC(C)C)O[Si](CC(C)C)(CC(C)C)O[Si](CC(C)C)(CC(C)C)O[Si](CC(C)C)(CC(C)C)CC(C)C)C(C)=O. The molecule has 0 radical (unpaired) electrons. The van der Waals surface area contributed by atoms with Crippen LogP contribution in [0, 0.1) is 76.9 Å². The molecule has 0 aromatic heterocycles. The first kappa shape index (κ1) is 69.3. The van der Waals surface area contributed by atoms with Crippen LogP contribution in [-0.2, 0) is 29.8 Å². The predicted octanol–water partition coefficient (Wildman–Crippen LogP) is 18.9. The number of hydrogen-bond donors (Lipinski definition) is 0. The third kappa shape index (κ3) is 27.6. The molecular formula is C56H122O7Si6. The zero-order chi connectivity index (χ0) is 54.1. The Labute approximate surface area is 439 Å². The maximum atomic E-state index is 13.1. The Kier molecular flexibility index (Phi) is 30.9. The number of carbonyl (C=O) groups is 1. The van der Waals surface area contributed by atoms with Crippen molar-refractivity contribution in [2.45, 2.75) is 266 Å². The molecule has 7 nitrogen and oxygen atoms in total. The minimum atomic E-state index is -3.29. The molecule has 0 atom stereocenters. The topological polar surface area (TPSA) is 72.5 Å². The minimum absolute atomic E-state index is 0.134. The van der Waals surface area contributed by atoms with Gasteiger partial charge in [-0.15, -0.1) is 0 Å². The number of carbonyl (C=O) groups excluding carboxylic acids is 1. The Balaban J connectivity index is 9.28. The lowest BCUT2D eigenvalue weighted by Gasteiger charge is -2.53. The van der Waals surface area contributed by atoms with Crippen LogP contribution in [0.5, 0.6) is 0 Å². The Bertz CT molecular complexity index is 1360. The van der Waals surface area contributed by atoms with E-state index in [0.717, 1.165) is 78.6 Å². The van der Waals surface area contributed by atoms with Crippen LogP contribution in [0.4, 0.5) is 0 Å². The van der Waals surface area contributed by atoms with E-state index in [2.05, 4.69) is 187 Å². The molecule has 0 aliphatic rings. The van der Waals surface area contributed by atoms with Gasteiger partial charge in [0.25, 0.3) is 0 Å². The molecule has 0 unspecified atom stereocenters. The van der Waals surface area contributed by atoms with Gasteiger partial charge < -0.3 is 25.0 Å². The zero-order valence-corrected chi connectivity index (χ0v) is 57.3. The molecule has 0 heterocycles. The maximum Gasteiger partial charge on any atom is 0.390 e. The van der Waals surface area contributed by atoms with Crippen molar-refractivity contribution in [1.82, 2.24) is 0 Å². The summed E-state index contributed by atoms with van der Waals surface area (Å²) in [5.74, 6) is 5.20. The fourth-order valence-electron chi connectivity index (χ4n) is 12.2. The highest BCUT2D eigenvalue weighted by atomic mass is 28.5. The molecule has 412 valence electrons. The quantitative estimate of drug-likeness (QED) is 0.0345. The number of Topliss-reactive ketones (excluding diaryl/α,β-unsaturated/α-hetero) is 1. The first-order valence-corrected chi connectivity index (χ1v) is 42.4. The number of rotatable bonds is 39. The average Bonchev–Trinajstić information content (AvgIpc) is 3.02. The molecule has 0 saturated heterocycles. The molecule has 0 aliphatic carbocycles. The van der Waals surface area contributed by atoms with E-state index in [9.17, 15) is 4.79 Å². The molecule has 0 rings (SSSR count). The molecule has 0 bridgehead atoms. The van der Waals surface area contributed by atoms with E-state index in [1.54, 1.807) is 6.92 Å². The lowest BCUT2D eigenvalue weighted by Crippen LogP contribution is -2.68. The van der Waals surface area contributed by atoms with Gasteiger partial charge in [-0.05, 0) is 143 Å². The number of ketones is 1. The van der Waals surface area contributed by atoms with Crippen LogP contribution in [-0.4, -0.2) is 56.9 Å². The molecule has 0 aromatic carbocycles. The fraction of sp³-hybridized carbons (Fsp3) is 0.946. The van der Waals surface area contributed by atoms with E-state index < -0.39 is 51.1 Å². The second-order valence-electron chi connectivity index (χ2n) is 28.1. The summed E-state index contributed by atoms with van der Waals surface area (Å²) < 4.78 is 49.8. The highest BCUT2D eigenvalue weighted by Crippen LogP contribution is 2.48. The fourth-order valence-corrected chi connectivity index (χ4v) is 54.6. The van der Waals surface area contributed by atoms with Crippen LogP contribution in [0.2, 0.25) is 78.6 Å². The molecule has 13 heteroatoms. The van der Waals surface area contributed by atoms with Crippen LogP contribution >= 0.6 is 0 Å². The van der Waals surface area contributed by atoms with Crippen molar-refractivity contribution < 1.29 is 29.8 Å². The van der Waals surface area contributed by atoms with Gasteiger partial charge >= 0.3 is 42.8 Å². The van der Waals surface area contributed by atoms with E-state index in [-0.39, 0.29) is 11.5 Å². The predicted molar refractivity (Wildman–Crippen MR) is 316 cm³/mol. The summed E-state index contributed by atoms with van der Waals surface area (Å²) in [5.41, 5.74) is 0. The second kappa shape index (κ2) is 30.8. The third-order valence-corrected chi connectivity index (χ3v) is 46.9. The van der Waals surface area contributed by atoms with Crippen molar-refractivity contribution >= 4 is 56.9 Å². The largest absolute Gasteiger partial charge is 0.518 e. The van der Waals surface area contributed by atoms with Crippen LogP contribution in [0.15, 0.2) is 12.3 Å². The Hall–Kier alpha value is 0.311. The molecule has 0 N–H and O–H groups in total. The van der Waals surface area contributed by atoms with E-state index in [4.69, 9.17) is 25.0 Å². The molecule has 0 amide bonds. The Morgan fingerprint density at radius 3 is 0.623 bits per heavy atom. The van der Waals surface area contributed by atoms with Crippen molar-refractivity contribution in [3.63, 3.8) is 0 Å². The van der Waals surface area contributed by atoms with Gasteiger partial charge in [-0.3, -0.25) is 4.79 Å². The molecule has 0 spiro atoms. The minimum Gasteiger partial charge on any atom is -0.518 e. The highest BCUT2D eigenvalue weighted by Gasteiger charge is 2.61. The van der Waals surface area contributed by atoms with Crippen molar-refractivity contribution in [1.29, 1.82) is 0 Å². The zero-order valence-electron chi connectivity index (χ0n) is 51.3. The average molecular weight is 1080 g/mol. The van der Waals surface area contributed by atoms with E-state index in [1.807, 2.05) is 0 Å². The summed E-state index contributed by atoms with van der Waals surface area (Å²) in [4.78, 5) is 13.1. The molecule has 0 aromatic rings. The molecule has 0 fully saturated rings. The van der Waals surface area contributed by atoms with Gasteiger partial charge in [0, 0.05) is 19.0 Å². The van der Waals surface area contributed by atoms with E-state index in [0.29, 0.717) is 76.9 Å². The summed E-state index contributed by atoms with van der Waals surface area (Å²) in [6, 6.07) is 12.2. The van der Waals surface area contributed by atoms with Crippen molar-refractivity contribution in [2.24, 2.45) is 76.9 Å². The molecule has 69 heavy (non-hydrogen) atoms. The van der Waals surface area contributed by atoms with Crippen molar-refractivity contribution in [3.05, 3.63) is 12.3 Å². The van der Waals surface area contributed by atoms with Gasteiger partial charge in [-0.2, -0.15) is 0 Å². The monoisotopic (exact) mass is 1070 g/mol. The first-order valence-electron chi connectivity index (χ1n) is 28.7. The second-order valence-corrected chi connectivity index (χ2v) is 49.2. The molecule has 0 saturated carbocycles. The number of hydrogen-bond acceptors (Lipinski definition) is 7. The van der Waals surface area contributed by atoms with Gasteiger partial charge in [0.05, 0.1) is 0 Å². The van der Waals surface area contributed by atoms with Crippen molar-refractivity contribution in [2.75, 3.05) is 0 Å². The lowest BCUT2D eigenvalue weighted by molar-refractivity contribution is -0.115. The Morgan fingerprint density at radius 1 is 0.290 bits per heavy atom. The summed E-state index contributed by atoms with van der Waals surface area (Å²) in [6.45, 7) is 67.4. The standard InChI is InChI=1S/C56H122O7Si6/c1-42(2)29-64(30-43(3)4,31-44(5)6)59-66(34-47(11)12,35-48(13)14)61-68(38-51(19)20,39-52(21)22)63-69(40-53(23)24,41-54(25)26)62-67(36-49(15)16,37-50(17)18)60-65(32-45(7)8,33-46(9)10)58-56(28)55(27)57/h42-54H,28-41H2,1-27H3. The number of allylic oxidation sites excluding steroid dienone is 1. The molecular weight excluding hydrogens is 953 g/mol. The van der Waals surface area contributed by atoms with Crippen LogP contribution in [0.3, 0.4) is 0 Å². The first-order chi connectivity index (χ1) is 31.3. The lowest BCUT2D eigenvalue weighted by atomic mass is 10.2. The van der Waals surface area contributed by atoms with Crippen LogP contribution in [0.1, 0.15) is 187 Å². The van der Waals surface area contributed by atoms with Gasteiger partial charge in [0.15, 0.2) is 14.1 Å². The van der Waals surface area contributed by atoms with Gasteiger partial charge in [0.1, 0.15) is 5.76 Å². The summed E-state index contributed by atoms with van der Waals surface area (Å²) in [6.07, 6.45) is 0. The highest BCUT2D eigenvalue weighted by molar-refractivity contribution is 6.93.